The molecule has 2 aromatic rings. The Kier molecular flexibility index (Phi) is 5.96. The molecule has 1 unspecified atom stereocenters. The predicted molar refractivity (Wildman–Crippen MR) is 93.0 cm³/mol. The fraction of sp³-hybridized carbons (Fsp3) is 0.438. The molecular formula is C16H21N5O4S. The quantitative estimate of drug-likeness (QED) is 0.632. The maximum Gasteiger partial charge on any atom is 0.251 e. The molecule has 0 aliphatic carbocycles. The number of nitrogens with zero attached hydrogens (tertiary/aromatic N) is 3. The summed E-state index contributed by atoms with van der Waals surface area (Å²) in [7, 11) is -3.68. The van der Waals surface area contributed by atoms with Crippen molar-refractivity contribution in [2.75, 3.05) is 19.8 Å². The summed E-state index contributed by atoms with van der Waals surface area (Å²) < 4.78 is 34.3. The summed E-state index contributed by atoms with van der Waals surface area (Å²) in [6.07, 6.45) is 4.40. The number of hydrogen-bond acceptors (Lipinski definition) is 6. The highest BCUT2D eigenvalue weighted by Gasteiger charge is 2.24. The van der Waals surface area contributed by atoms with E-state index in [0.29, 0.717) is 44.7 Å². The zero-order valence-electron chi connectivity index (χ0n) is 14.2. The molecular weight excluding hydrogens is 358 g/mol. The Morgan fingerprint density at radius 1 is 1.38 bits per heavy atom. The lowest BCUT2D eigenvalue weighted by atomic mass is 10.2. The third-order valence-electron chi connectivity index (χ3n) is 3.97. The molecule has 3 rings (SSSR count). The summed E-state index contributed by atoms with van der Waals surface area (Å²) >= 11 is 0. The monoisotopic (exact) mass is 379 g/mol. The number of aryl methyl sites for hydroxylation is 1. The van der Waals surface area contributed by atoms with Crippen LogP contribution in [0.15, 0.2) is 41.8 Å². The lowest BCUT2D eigenvalue weighted by Gasteiger charge is -2.12. The number of nitrogens with one attached hydrogen (secondary N) is 2. The van der Waals surface area contributed by atoms with Gasteiger partial charge in [-0.2, -0.15) is 5.10 Å². The van der Waals surface area contributed by atoms with Gasteiger partial charge in [0.15, 0.2) is 0 Å². The second kappa shape index (κ2) is 8.39. The van der Waals surface area contributed by atoms with Crippen molar-refractivity contribution in [3.8, 4) is 0 Å². The van der Waals surface area contributed by atoms with Crippen LogP contribution in [0, 0.1) is 0 Å². The highest BCUT2D eigenvalue weighted by atomic mass is 32.2. The molecule has 1 amide bonds. The number of sulfonamides is 1. The van der Waals surface area contributed by atoms with Crippen molar-refractivity contribution in [2.24, 2.45) is 0 Å². The van der Waals surface area contributed by atoms with E-state index in [0.717, 1.165) is 0 Å². The third kappa shape index (κ3) is 4.87. The lowest BCUT2D eigenvalue weighted by molar-refractivity contribution is 0.0952. The summed E-state index contributed by atoms with van der Waals surface area (Å²) in [5, 5.41) is 6.76. The van der Waals surface area contributed by atoms with E-state index in [9.17, 15) is 13.2 Å². The van der Waals surface area contributed by atoms with Crippen molar-refractivity contribution in [3.63, 3.8) is 0 Å². The molecule has 9 nitrogen and oxygen atoms in total. The number of aromatic nitrogens is 3. The fourth-order valence-corrected chi connectivity index (χ4v) is 3.91. The smallest absolute Gasteiger partial charge is 0.251 e. The zero-order valence-corrected chi connectivity index (χ0v) is 15.0. The van der Waals surface area contributed by atoms with Crippen molar-refractivity contribution in [2.45, 2.75) is 30.3 Å². The second-order valence-electron chi connectivity index (χ2n) is 5.98. The molecule has 1 aliphatic heterocycles. The minimum Gasteiger partial charge on any atom is -0.380 e. The number of carbonyl (C=O) groups is 1. The van der Waals surface area contributed by atoms with Crippen LogP contribution in [-0.4, -0.2) is 54.9 Å². The molecule has 0 saturated carbocycles. The van der Waals surface area contributed by atoms with Crippen LogP contribution in [-0.2, 0) is 21.3 Å². The van der Waals surface area contributed by atoms with Gasteiger partial charge in [0.25, 0.3) is 5.91 Å². The minimum atomic E-state index is -3.68. The Balaban J connectivity index is 1.56. The van der Waals surface area contributed by atoms with Crippen molar-refractivity contribution >= 4 is 15.9 Å². The number of ether oxygens (including phenoxy) is 1. The topological polar surface area (TPSA) is 115 Å². The van der Waals surface area contributed by atoms with E-state index in [-0.39, 0.29) is 16.8 Å². The molecule has 1 atom stereocenters. The molecule has 0 radical (unpaired) electrons. The number of benzene rings is 1. The number of carbonyl (C=O) groups excluding carboxylic acids is 1. The predicted octanol–water partition coefficient (Wildman–Crippen LogP) is 0.165. The van der Waals surface area contributed by atoms with Gasteiger partial charge in [-0.1, -0.05) is 6.07 Å². The average molecular weight is 379 g/mol. The highest BCUT2D eigenvalue weighted by Crippen LogP contribution is 2.14. The number of rotatable bonds is 8. The molecule has 1 aliphatic rings. The molecule has 0 bridgehead atoms. The Morgan fingerprint density at radius 2 is 2.27 bits per heavy atom. The molecule has 1 saturated heterocycles. The van der Waals surface area contributed by atoms with Gasteiger partial charge in [-0.05, 0) is 31.0 Å². The second-order valence-corrected chi connectivity index (χ2v) is 7.69. The van der Waals surface area contributed by atoms with Gasteiger partial charge >= 0.3 is 0 Å². The van der Waals surface area contributed by atoms with Gasteiger partial charge in [-0.15, -0.1) is 0 Å². The van der Waals surface area contributed by atoms with Crippen LogP contribution in [0.1, 0.15) is 23.2 Å². The Labute approximate surface area is 151 Å². The summed E-state index contributed by atoms with van der Waals surface area (Å²) in [6.45, 7) is 2.00. The molecule has 10 heteroatoms. The van der Waals surface area contributed by atoms with Crippen molar-refractivity contribution in [3.05, 3.63) is 42.5 Å². The first-order valence-electron chi connectivity index (χ1n) is 8.35. The first-order valence-corrected chi connectivity index (χ1v) is 9.84. The zero-order chi connectivity index (χ0) is 18.4. The lowest BCUT2D eigenvalue weighted by Crippen LogP contribution is -2.35. The van der Waals surface area contributed by atoms with E-state index < -0.39 is 10.0 Å². The van der Waals surface area contributed by atoms with Gasteiger partial charge < -0.3 is 10.1 Å². The van der Waals surface area contributed by atoms with Crippen LogP contribution in [0.3, 0.4) is 0 Å². The summed E-state index contributed by atoms with van der Waals surface area (Å²) in [4.78, 5) is 16.2. The molecule has 2 heterocycles. The summed E-state index contributed by atoms with van der Waals surface area (Å²) in [5.41, 5.74) is 0.302. The summed E-state index contributed by atoms with van der Waals surface area (Å²) in [5.74, 6) is -0.315. The molecule has 1 fully saturated rings. The van der Waals surface area contributed by atoms with E-state index in [1.165, 1.54) is 18.5 Å². The normalized spacial score (nSPS) is 17.3. The van der Waals surface area contributed by atoms with Crippen LogP contribution >= 0.6 is 0 Å². The van der Waals surface area contributed by atoms with Crippen LogP contribution in [0.5, 0.6) is 0 Å². The Hall–Kier alpha value is -2.30. The molecule has 140 valence electrons. The average Bonchev–Trinajstić information content (AvgIpc) is 3.32. The van der Waals surface area contributed by atoms with Crippen molar-refractivity contribution in [1.82, 2.24) is 24.8 Å². The van der Waals surface area contributed by atoms with Gasteiger partial charge in [0.1, 0.15) is 12.7 Å². The van der Waals surface area contributed by atoms with Crippen LogP contribution < -0.4 is 10.0 Å². The number of hydrogen-bond donors (Lipinski definition) is 2. The van der Waals surface area contributed by atoms with Gasteiger partial charge in [-0.25, -0.2) is 18.1 Å². The third-order valence-corrected chi connectivity index (χ3v) is 5.49. The SMILES string of the molecule is O=C(NCCCn1cncn1)c1cccc(S(=O)(=O)NC2CCOC2)c1. The fourth-order valence-electron chi connectivity index (χ4n) is 2.61. The van der Waals surface area contributed by atoms with Gasteiger partial charge in [-0.3, -0.25) is 9.48 Å². The van der Waals surface area contributed by atoms with Crippen LogP contribution in [0.2, 0.25) is 0 Å². The maximum absolute atomic E-state index is 12.4. The standard InChI is InChI=1S/C16H21N5O4S/c22-16(18-6-2-7-21-12-17-11-19-21)13-3-1-4-15(9-13)26(23,24)20-14-5-8-25-10-14/h1,3-4,9,11-12,14,20H,2,5-8,10H2,(H,18,22). The van der Waals surface area contributed by atoms with Gasteiger partial charge in [0.05, 0.1) is 11.5 Å². The van der Waals surface area contributed by atoms with E-state index in [1.807, 2.05) is 0 Å². The van der Waals surface area contributed by atoms with Crippen LogP contribution in [0.25, 0.3) is 0 Å². The largest absolute Gasteiger partial charge is 0.380 e. The van der Waals surface area contributed by atoms with Crippen molar-refractivity contribution < 1.29 is 17.9 Å². The molecule has 26 heavy (non-hydrogen) atoms. The van der Waals surface area contributed by atoms with E-state index in [1.54, 1.807) is 23.1 Å². The summed E-state index contributed by atoms with van der Waals surface area (Å²) in [6, 6.07) is 5.77. The molecule has 1 aromatic heterocycles. The van der Waals surface area contributed by atoms with E-state index in [2.05, 4.69) is 20.1 Å². The van der Waals surface area contributed by atoms with E-state index >= 15 is 0 Å². The van der Waals surface area contributed by atoms with Gasteiger partial charge in [0, 0.05) is 31.3 Å². The Bertz CT molecular complexity index is 832. The van der Waals surface area contributed by atoms with Crippen molar-refractivity contribution in [1.29, 1.82) is 0 Å². The first-order chi connectivity index (χ1) is 12.5. The Morgan fingerprint density at radius 3 is 3.00 bits per heavy atom. The van der Waals surface area contributed by atoms with Gasteiger partial charge in [0.2, 0.25) is 10.0 Å². The number of amides is 1. The van der Waals surface area contributed by atoms with E-state index in [4.69, 9.17) is 4.74 Å². The van der Waals surface area contributed by atoms with Crippen LogP contribution in [0.4, 0.5) is 0 Å². The maximum atomic E-state index is 12.4. The molecule has 0 spiro atoms. The molecule has 1 aromatic carbocycles. The highest BCUT2D eigenvalue weighted by molar-refractivity contribution is 7.89. The minimum absolute atomic E-state index is 0.0691. The first kappa shape index (κ1) is 18.5. The molecule has 2 N–H and O–H groups in total.